The lowest BCUT2D eigenvalue weighted by atomic mass is 9.90. The minimum Gasteiger partial charge on any atom is -0.311 e. The molecule has 1 heterocycles. The molecule has 1 aliphatic rings. The highest BCUT2D eigenvalue weighted by Gasteiger charge is 2.27. The summed E-state index contributed by atoms with van der Waals surface area (Å²) in [6, 6.07) is 0.769. The van der Waals surface area contributed by atoms with E-state index in [4.69, 9.17) is 0 Å². The molecule has 1 N–H and O–H groups in total. The number of likely N-dealkylation sites (tertiary alicyclic amines) is 1. The van der Waals surface area contributed by atoms with E-state index in [1.54, 1.807) is 0 Å². The summed E-state index contributed by atoms with van der Waals surface area (Å²) in [5.74, 6) is 0. The van der Waals surface area contributed by atoms with E-state index in [-0.39, 0.29) is 5.54 Å². The van der Waals surface area contributed by atoms with Gasteiger partial charge in [0.2, 0.25) is 0 Å². The maximum atomic E-state index is 3.64. The summed E-state index contributed by atoms with van der Waals surface area (Å²) in [4.78, 5) is 5.02. The Labute approximate surface area is 120 Å². The zero-order valence-electron chi connectivity index (χ0n) is 14.2. The Morgan fingerprint density at radius 1 is 1.11 bits per heavy atom. The van der Waals surface area contributed by atoms with E-state index in [0.717, 1.165) is 12.6 Å². The van der Waals surface area contributed by atoms with Crippen LogP contribution < -0.4 is 5.32 Å². The van der Waals surface area contributed by atoms with Crippen LogP contribution in [0, 0.1) is 5.41 Å². The van der Waals surface area contributed by atoms with Crippen LogP contribution in [0.25, 0.3) is 0 Å². The van der Waals surface area contributed by atoms with E-state index in [1.165, 1.54) is 32.5 Å². The molecule has 3 nitrogen and oxygen atoms in total. The highest BCUT2D eigenvalue weighted by atomic mass is 15.2. The molecule has 0 aromatic rings. The molecule has 19 heavy (non-hydrogen) atoms. The molecule has 0 saturated carbocycles. The van der Waals surface area contributed by atoms with Gasteiger partial charge < -0.3 is 15.1 Å². The van der Waals surface area contributed by atoms with Crippen LogP contribution in [0.3, 0.4) is 0 Å². The first-order valence-electron chi connectivity index (χ1n) is 7.73. The van der Waals surface area contributed by atoms with E-state index in [0.29, 0.717) is 5.41 Å². The van der Waals surface area contributed by atoms with Crippen molar-refractivity contribution in [1.82, 2.24) is 15.1 Å². The number of hydrogen-bond acceptors (Lipinski definition) is 3. The summed E-state index contributed by atoms with van der Waals surface area (Å²) < 4.78 is 0. The van der Waals surface area contributed by atoms with Crippen LogP contribution in [0.5, 0.6) is 0 Å². The molecule has 0 aliphatic carbocycles. The van der Waals surface area contributed by atoms with E-state index in [9.17, 15) is 0 Å². The van der Waals surface area contributed by atoms with Gasteiger partial charge in [-0.05, 0) is 66.2 Å². The second kappa shape index (κ2) is 6.55. The SMILES string of the molecule is CN1CCC(N(C)CC(C)(C)CNC(C)(C)C)CC1. The van der Waals surface area contributed by atoms with Gasteiger partial charge in [0.1, 0.15) is 0 Å². The summed E-state index contributed by atoms with van der Waals surface area (Å²) in [5, 5.41) is 3.64. The predicted octanol–water partition coefficient (Wildman–Crippen LogP) is 2.43. The highest BCUT2D eigenvalue weighted by Crippen LogP contribution is 2.21. The molecule has 1 aliphatic heterocycles. The first kappa shape index (κ1) is 16.9. The summed E-state index contributed by atoms with van der Waals surface area (Å²) in [6.07, 6.45) is 2.63. The average Bonchev–Trinajstić information content (AvgIpc) is 2.26. The van der Waals surface area contributed by atoms with Crippen molar-refractivity contribution in [3.05, 3.63) is 0 Å². The molecule has 0 bridgehead atoms. The highest BCUT2D eigenvalue weighted by molar-refractivity contribution is 4.84. The van der Waals surface area contributed by atoms with E-state index < -0.39 is 0 Å². The Morgan fingerprint density at radius 2 is 1.63 bits per heavy atom. The third kappa shape index (κ3) is 6.73. The quantitative estimate of drug-likeness (QED) is 0.827. The molecular weight excluding hydrogens is 234 g/mol. The lowest BCUT2D eigenvalue weighted by molar-refractivity contribution is 0.103. The van der Waals surface area contributed by atoms with E-state index >= 15 is 0 Å². The van der Waals surface area contributed by atoms with E-state index in [2.05, 4.69) is 63.8 Å². The van der Waals surface area contributed by atoms with Gasteiger partial charge in [0.05, 0.1) is 0 Å². The van der Waals surface area contributed by atoms with Gasteiger partial charge in [0.25, 0.3) is 0 Å². The van der Waals surface area contributed by atoms with Crippen LogP contribution in [0.2, 0.25) is 0 Å². The van der Waals surface area contributed by atoms with Crippen molar-refractivity contribution in [2.45, 2.75) is 59.0 Å². The molecule has 1 rings (SSSR count). The average molecular weight is 269 g/mol. The predicted molar refractivity (Wildman–Crippen MR) is 84.7 cm³/mol. The van der Waals surface area contributed by atoms with Gasteiger partial charge in [-0.2, -0.15) is 0 Å². The third-order valence-corrected chi connectivity index (χ3v) is 4.09. The lowest BCUT2D eigenvalue weighted by Gasteiger charge is -2.40. The normalized spacial score (nSPS) is 20.2. The van der Waals surface area contributed by atoms with Crippen LogP contribution in [0.15, 0.2) is 0 Å². The second-order valence-electron chi connectivity index (χ2n) is 8.22. The van der Waals surface area contributed by atoms with Gasteiger partial charge in [-0.25, -0.2) is 0 Å². The topological polar surface area (TPSA) is 18.5 Å². The first-order chi connectivity index (χ1) is 8.59. The molecule has 1 saturated heterocycles. The molecule has 0 unspecified atom stereocenters. The largest absolute Gasteiger partial charge is 0.311 e. The van der Waals surface area contributed by atoms with Crippen molar-refractivity contribution < 1.29 is 0 Å². The fourth-order valence-corrected chi connectivity index (χ4v) is 2.80. The zero-order chi connectivity index (χ0) is 14.7. The Kier molecular flexibility index (Phi) is 5.84. The van der Waals surface area contributed by atoms with Crippen molar-refractivity contribution in [3.63, 3.8) is 0 Å². The molecule has 0 atom stereocenters. The Bertz CT molecular complexity index is 260. The monoisotopic (exact) mass is 269 g/mol. The van der Waals surface area contributed by atoms with Gasteiger partial charge in [-0.15, -0.1) is 0 Å². The fraction of sp³-hybridized carbons (Fsp3) is 1.00. The summed E-state index contributed by atoms with van der Waals surface area (Å²) >= 11 is 0. The summed E-state index contributed by atoms with van der Waals surface area (Å²) in [7, 11) is 4.53. The molecular formula is C16H35N3. The number of rotatable bonds is 5. The molecule has 0 aromatic carbocycles. The minimum absolute atomic E-state index is 0.212. The maximum Gasteiger partial charge on any atom is 0.0117 e. The molecule has 0 radical (unpaired) electrons. The van der Waals surface area contributed by atoms with Crippen molar-refractivity contribution in [1.29, 1.82) is 0 Å². The number of nitrogens with zero attached hydrogens (tertiary/aromatic N) is 2. The number of piperidine rings is 1. The molecule has 1 fully saturated rings. The Balaban J connectivity index is 2.39. The number of hydrogen-bond donors (Lipinski definition) is 1. The van der Waals surface area contributed by atoms with Gasteiger partial charge in [-0.1, -0.05) is 13.8 Å². The van der Waals surface area contributed by atoms with Crippen LogP contribution in [0.4, 0.5) is 0 Å². The molecule has 0 amide bonds. The lowest BCUT2D eigenvalue weighted by Crippen LogP contribution is -2.49. The van der Waals surface area contributed by atoms with Crippen LogP contribution >= 0.6 is 0 Å². The molecule has 3 heteroatoms. The summed E-state index contributed by atoms with van der Waals surface area (Å²) in [6.45, 7) is 16.2. The smallest absolute Gasteiger partial charge is 0.0117 e. The zero-order valence-corrected chi connectivity index (χ0v) is 14.2. The Hall–Kier alpha value is -0.120. The van der Waals surface area contributed by atoms with Crippen LogP contribution in [0.1, 0.15) is 47.5 Å². The summed E-state index contributed by atoms with van der Waals surface area (Å²) in [5.41, 5.74) is 0.536. The van der Waals surface area contributed by atoms with E-state index in [1.807, 2.05) is 0 Å². The van der Waals surface area contributed by atoms with Gasteiger partial charge >= 0.3 is 0 Å². The van der Waals surface area contributed by atoms with Gasteiger partial charge in [-0.3, -0.25) is 0 Å². The molecule has 114 valence electrons. The van der Waals surface area contributed by atoms with Crippen molar-refractivity contribution >= 4 is 0 Å². The first-order valence-corrected chi connectivity index (χ1v) is 7.73. The van der Waals surface area contributed by atoms with Crippen LogP contribution in [-0.4, -0.2) is 61.7 Å². The fourth-order valence-electron chi connectivity index (χ4n) is 2.80. The van der Waals surface area contributed by atoms with Crippen molar-refractivity contribution in [2.75, 3.05) is 40.3 Å². The maximum absolute atomic E-state index is 3.64. The molecule has 0 aromatic heterocycles. The Morgan fingerprint density at radius 3 is 2.11 bits per heavy atom. The van der Waals surface area contributed by atoms with Crippen molar-refractivity contribution in [2.24, 2.45) is 5.41 Å². The number of nitrogens with one attached hydrogen (secondary N) is 1. The van der Waals surface area contributed by atoms with Crippen LogP contribution in [-0.2, 0) is 0 Å². The standard InChI is InChI=1S/C16H35N3/c1-15(2,3)17-12-16(4,5)13-19(7)14-8-10-18(6)11-9-14/h14,17H,8-13H2,1-7H3. The minimum atomic E-state index is 0.212. The van der Waals surface area contributed by atoms with Gasteiger partial charge in [0, 0.05) is 24.7 Å². The van der Waals surface area contributed by atoms with Crippen molar-refractivity contribution in [3.8, 4) is 0 Å². The molecule has 0 spiro atoms. The third-order valence-electron chi connectivity index (χ3n) is 4.09. The second-order valence-corrected chi connectivity index (χ2v) is 8.22. The van der Waals surface area contributed by atoms with Gasteiger partial charge in [0.15, 0.2) is 0 Å².